The number of ketones is 3. The second-order valence-corrected chi connectivity index (χ2v) is 21.5. The number of aliphatic hydroxyl groups excluding tert-OH is 2. The number of amides is 1. The smallest absolute Gasteiger partial charge is 0.329 e. The monoisotopic (exact) mass is 1090 g/mol. The van der Waals surface area contributed by atoms with Crippen molar-refractivity contribution in [1.29, 1.82) is 0 Å². The number of aliphatic hydroxyl groups is 3. The van der Waals surface area contributed by atoms with Gasteiger partial charge in [0.05, 0.1) is 90.5 Å². The summed E-state index contributed by atoms with van der Waals surface area (Å²) in [6.45, 7) is 10.6. The Morgan fingerprint density at radius 2 is 1.52 bits per heavy atom. The van der Waals surface area contributed by atoms with Crippen LogP contribution in [0.3, 0.4) is 0 Å². The largest absolute Gasteiger partial charge is 0.460 e. The maximum absolute atomic E-state index is 14.5. The lowest BCUT2D eigenvalue weighted by atomic mass is 9.78. The van der Waals surface area contributed by atoms with Crippen molar-refractivity contribution < 1.29 is 86.7 Å². The molecule has 5 aliphatic rings. The molecule has 436 valence electrons. The SMILES string of the molecule is CO[C@@H]1C[C@H](C[C@@H](C)[C@@H]2CC(=O)C/C=C(\C)[C@@H](O)[C@@H](OC)C(=O)CCC/C=C/C=C/C=C(\C)C(OCC3COCCOCCOCCOCCO3)C[C@@H]3CC[C@@H](C)[C@@](O)(O3)C(=O)C(=O)N3CCCC[C@H]3C(=O)O2)CC[C@H]1O. The second kappa shape index (κ2) is 33.9. The molecule has 2 bridgehead atoms. The standard InChI is InChI=1S/C58H91NO18/c1-39-15-11-9-7-8-10-12-17-49(62)54(69-6)53(63)40(2)18-21-44(60)35-51(41(3)33-43-20-23-48(61)52(34-43)68-5)76-57(66)47-16-13-14-24-59(47)56(65)55(64)58(67)42(4)19-22-45(77-58)36-50(39)75-38-46-37-73-30-29-71-26-25-70-27-28-72-31-32-74-46/h7-9,11,15,18,41-43,45-48,50-54,61,63,67H,10,12-14,16-17,19-38H2,1-6H3/b8-7+,11-9+,39-15+,40-18+/t41-,42-,43+,45+,46?,47+,48-,50?,51+,52-,53-,54+,58-/m1/s1. The van der Waals surface area contributed by atoms with Gasteiger partial charge in [0.1, 0.15) is 36.2 Å². The highest BCUT2D eigenvalue weighted by Gasteiger charge is 2.53. The number of hydrogen-bond acceptors (Lipinski definition) is 18. The summed E-state index contributed by atoms with van der Waals surface area (Å²) in [4.78, 5) is 71.9. The maximum atomic E-state index is 14.5. The molecule has 0 aromatic heterocycles. The minimum absolute atomic E-state index is 0.0562. The van der Waals surface area contributed by atoms with E-state index in [0.717, 1.165) is 5.57 Å². The molecular weight excluding hydrogens is 999 g/mol. The Bertz CT molecular complexity index is 1960. The lowest BCUT2D eigenvalue weighted by Crippen LogP contribution is -2.61. The molecule has 1 saturated carbocycles. The normalized spacial score (nSPS) is 36.6. The van der Waals surface area contributed by atoms with Crippen LogP contribution in [0.5, 0.6) is 0 Å². The molecule has 19 heteroatoms. The lowest BCUT2D eigenvalue weighted by molar-refractivity contribution is -0.266. The van der Waals surface area contributed by atoms with E-state index in [9.17, 15) is 39.3 Å². The number of rotatable bonds is 8. The van der Waals surface area contributed by atoms with E-state index in [2.05, 4.69) is 0 Å². The molecule has 2 unspecified atom stereocenters. The summed E-state index contributed by atoms with van der Waals surface area (Å²) in [5.74, 6) is -7.10. The second-order valence-electron chi connectivity index (χ2n) is 21.5. The minimum atomic E-state index is -2.52. The highest BCUT2D eigenvalue weighted by molar-refractivity contribution is 6.39. The van der Waals surface area contributed by atoms with Gasteiger partial charge in [0.2, 0.25) is 5.79 Å². The Morgan fingerprint density at radius 3 is 2.23 bits per heavy atom. The summed E-state index contributed by atoms with van der Waals surface area (Å²) in [5.41, 5.74) is 1.18. The third-order valence-corrected chi connectivity index (χ3v) is 15.7. The number of ether oxygens (including phenoxy) is 10. The van der Waals surface area contributed by atoms with Gasteiger partial charge in [0, 0.05) is 52.4 Å². The van der Waals surface area contributed by atoms with E-state index in [4.69, 9.17) is 47.4 Å². The van der Waals surface area contributed by atoms with E-state index < -0.39 is 78.1 Å². The number of hydrogen-bond donors (Lipinski definition) is 3. The predicted octanol–water partition coefficient (Wildman–Crippen LogP) is 5.28. The maximum Gasteiger partial charge on any atom is 0.329 e. The van der Waals surface area contributed by atoms with Crippen molar-refractivity contribution in [1.82, 2.24) is 4.90 Å². The number of Topliss-reactive ketones (excluding diaryl/α,β-unsaturated/α-hetero) is 3. The van der Waals surface area contributed by atoms with E-state index in [-0.39, 0.29) is 88.0 Å². The summed E-state index contributed by atoms with van der Waals surface area (Å²) in [7, 11) is 2.92. The molecule has 3 saturated heterocycles. The van der Waals surface area contributed by atoms with Crippen LogP contribution in [-0.4, -0.2) is 197 Å². The van der Waals surface area contributed by atoms with Crippen LogP contribution >= 0.6 is 0 Å². The van der Waals surface area contributed by atoms with Crippen LogP contribution in [0.1, 0.15) is 124 Å². The topological polar surface area (TPSA) is 242 Å². The highest BCUT2D eigenvalue weighted by Crippen LogP contribution is 2.38. The van der Waals surface area contributed by atoms with Gasteiger partial charge in [-0.05, 0) is 107 Å². The number of carbonyl (C=O) groups is 5. The Hall–Kier alpha value is -3.57. The van der Waals surface area contributed by atoms with Crippen LogP contribution in [-0.2, 0) is 71.3 Å². The number of fused-ring (bicyclic) bond motifs is 3. The van der Waals surface area contributed by atoms with Crippen molar-refractivity contribution in [3.63, 3.8) is 0 Å². The molecule has 0 spiro atoms. The van der Waals surface area contributed by atoms with Gasteiger partial charge < -0.3 is 67.6 Å². The van der Waals surface area contributed by atoms with Crippen LogP contribution in [0, 0.1) is 17.8 Å². The fourth-order valence-electron chi connectivity index (χ4n) is 10.7. The Labute approximate surface area is 456 Å². The Morgan fingerprint density at radius 1 is 0.805 bits per heavy atom. The van der Waals surface area contributed by atoms with Crippen molar-refractivity contribution in [3.8, 4) is 0 Å². The van der Waals surface area contributed by atoms with Crippen molar-refractivity contribution in [3.05, 3.63) is 47.6 Å². The summed E-state index contributed by atoms with van der Waals surface area (Å²) < 4.78 is 59.1. The summed E-state index contributed by atoms with van der Waals surface area (Å²) in [6, 6.07) is -1.18. The van der Waals surface area contributed by atoms with E-state index in [1.807, 2.05) is 44.2 Å². The summed E-state index contributed by atoms with van der Waals surface area (Å²) >= 11 is 0. The fourth-order valence-corrected chi connectivity index (χ4v) is 10.7. The number of esters is 1. The molecule has 77 heavy (non-hydrogen) atoms. The van der Waals surface area contributed by atoms with Gasteiger partial charge in [0.15, 0.2) is 5.78 Å². The summed E-state index contributed by atoms with van der Waals surface area (Å²) in [5, 5.41) is 34.1. The first kappa shape index (κ1) is 64.3. The lowest BCUT2D eigenvalue weighted by Gasteiger charge is -2.43. The van der Waals surface area contributed by atoms with Gasteiger partial charge in [0.25, 0.3) is 11.7 Å². The number of carbonyl (C=O) groups excluding carboxylic acids is 5. The molecular formula is C58H91NO18. The van der Waals surface area contributed by atoms with Crippen LogP contribution < -0.4 is 0 Å². The minimum Gasteiger partial charge on any atom is -0.460 e. The number of cyclic esters (lactones) is 1. The van der Waals surface area contributed by atoms with Gasteiger partial charge in [-0.1, -0.05) is 50.3 Å². The van der Waals surface area contributed by atoms with Crippen LogP contribution in [0.15, 0.2) is 47.6 Å². The average Bonchev–Trinajstić information content (AvgIpc) is 3.43. The zero-order valence-corrected chi connectivity index (χ0v) is 46.7. The first-order valence-corrected chi connectivity index (χ1v) is 28.2. The van der Waals surface area contributed by atoms with Crippen LogP contribution in [0.4, 0.5) is 0 Å². The van der Waals surface area contributed by atoms with Gasteiger partial charge in [-0.25, -0.2) is 4.79 Å². The third kappa shape index (κ3) is 20.5. The number of allylic oxidation sites excluding steroid dienone is 6. The van der Waals surface area contributed by atoms with Gasteiger partial charge in [-0.3, -0.25) is 19.2 Å². The zero-order valence-electron chi connectivity index (χ0n) is 46.7. The van der Waals surface area contributed by atoms with Crippen molar-refractivity contribution in [2.24, 2.45) is 17.8 Å². The average molecular weight is 1090 g/mol. The molecule has 0 aromatic rings. The fraction of sp³-hybridized carbons (Fsp3) is 0.776. The first-order chi connectivity index (χ1) is 37.1. The Kier molecular flexibility index (Phi) is 28.3. The van der Waals surface area contributed by atoms with Gasteiger partial charge in [-0.15, -0.1) is 0 Å². The molecule has 5 rings (SSSR count). The van der Waals surface area contributed by atoms with E-state index >= 15 is 0 Å². The Balaban J connectivity index is 1.42. The highest BCUT2D eigenvalue weighted by atomic mass is 16.6. The number of methoxy groups -OCH3 is 2. The van der Waals surface area contributed by atoms with E-state index in [1.165, 1.54) is 12.0 Å². The summed E-state index contributed by atoms with van der Waals surface area (Å²) in [6.07, 6.45) is 10.4. The molecule has 13 atom stereocenters. The van der Waals surface area contributed by atoms with Gasteiger partial charge in [-0.2, -0.15) is 0 Å². The molecule has 4 fully saturated rings. The molecule has 4 aliphatic heterocycles. The van der Waals surface area contributed by atoms with Crippen LogP contribution in [0.25, 0.3) is 0 Å². The quantitative estimate of drug-likeness (QED) is 0.159. The first-order valence-electron chi connectivity index (χ1n) is 28.2. The molecule has 4 heterocycles. The molecule has 0 radical (unpaired) electrons. The zero-order chi connectivity index (χ0) is 55.7. The van der Waals surface area contributed by atoms with E-state index in [1.54, 1.807) is 27.0 Å². The van der Waals surface area contributed by atoms with Crippen molar-refractivity contribution >= 4 is 29.2 Å². The van der Waals surface area contributed by atoms with Gasteiger partial charge >= 0.3 is 5.97 Å². The molecule has 19 nitrogen and oxygen atoms in total. The molecule has 0 aromatic carbocycles. The van der Waals surface area contributed by atoms with Crippen molar-refractivity contribution in [2.45, 2.75) is 185 Å². The number of piperidine rings is 1. The van der Waals surface area contributed by atoms with Crippen molar-refractivity contribution in [2.75, 3.05) is 86.8 Å². The third-order valence-electron chi connectivity index (χ3n) is 15.7. The molecule has 3 N–H and O–H groups in total. The number of nitrogens with zero attached hydrogens (tertiary/aromatic N) is 1. The molecule has 1 aliphatic carbocycles. The van der Waals surface area contributed by atoms with E-state index in [0.29, 0.717) is 116 Å². The van der Waals surface area contributed by atoms with Crippen LogP contribution in [0.2, 0.25) is 0 Å². The predicted molar refractivity (Wildman–Crippen MR) is 283 cm³/mol. The molecule has 1 amide bonds.